The molecular formula is C57H46N2. The van der Waals surface area contributed by atoms with Crippen LogP contribution in [0.25, 0.3) is 45.0 Å². The molecule has 1 aliphatic carbocycles. The van der Waals surface area contributed by atoms with Crippen LogP contribution in [-0.2, 0) is 0 Å². The van der Waals surface area contributed by atoms with Gasteiger partial charge in [-0.05, 0) is 161 Å². The molecule has 0 saturated heterocycles. The van der Waals surface area contributed by atoms with E-state index < -0.39 is 0 Å². The van der Waals surface area contributed by atoms with E-state index in [1.165, 1.54) is 61.2 Å². The van der Waals surface area contributed by atoms with Gasteiger partial charge in [-0.15, -0.1) is 0 Å². The molecule has 0 amide bonds. The maximum Gasteiger partial charge on any atom is 0.0467 e. The molecule has 0 aromatic heterocycles. The lowest BCUT2D eigenvalue weighted by molar-refractivity contribution is 1.21. The van der Waals surface area contributed by atoms with Crippen LogP contribution in [0, 0.1) is 13.8 Å². The van der Waals surface area contributed by atoms with Crippen molar-refractivity contribution in [2.75, 3.05) is 9.80 Å². The zero-order chi connectivity index (χ0) is 40.1. The first-order chi connectivity index (χ1) is 29.0. The lowest BCUT2D eigenvalue weighted by Crippen LogP contribution is -2.15. The van der Waals surface area contributed by atoms with Gasteiger partial charge in [-0.25, -0.2) is 0 Å². The molecule has 0 fully saturated rings. The number of hydrogen-bond acceptors (Lipinski definition) is 2. The van der Waals surface area contributed by atoms with Crippen molar-refractivity contribution in [3.63, 3.8) is 0 Å². The third-order valence-corrected chi connectivity index (χ3v) is 11.3. The standard InChI is InChI=1S/C57H46N2/c1-41-16-10-12-27-56(41)57-40-54(33-28-42(57)2)59(50-23-8-5-9-24-50)52-36-31-45(32-37-52)48-20-14-19-47(39-48)44-29-34-51(35-30-44)58(49-21-6-4-7-22-49)53-25-15-18-46-17-11-13-26-55(46)43(3)38-53/h4-40H,1-3H3/b18-15-,25-15?,43-38+,46-18?,53-25+,53-38?,55-43?. The van der Waals surface area contributed by atoms with Gasteiger partial charge in [0.2, 0.25) is 0 Å². The SMILES string of the molecule is C\C1=C/C(N(c2ccccc2)c2ccc(-c3cccc(-c4ccc(N(c5ccccc5)c5ccc(C)c(-c6ccccc6C)c5)cc4)c3)cc2)=C\C=C/c2ccccc21. The highest BCUT2D eigenvalue weighted by Gasteiger charge is 2.17. The normalized spacial score (nSPS) is 14.4. The smallest absolute Gasteiger partial charge is 0.0467 e. The van der Waals surface area contributed by atoms with E-state index in [1.54, 1.807) is 0 Å². The quantitative estimate of drug-likeness (QED) is 0.145. The summed E-state index contributed by atoms with van der Waals surface area (Å²) in [5.74, 6) is 0. The minimum absolute atomic E-state index is 1.10. The van der Waals surface area contributed by atoms with Crippen LogP contribution >= 0.6 is 0 Å². The van der Waals surface area contributed by atoms with Gasteiger partial charge in [-0.1, -0.05) is 146 Å². The maximum atomic E-state index is 2.35. The highest BCUT2D eigenvalue weighted by Crippen LogP contribution is 2.40. The maximum absolute atomic E-state index is 2.35. The Balaban J connectivity index is 1.02. The minimum atomic E-state index is 1.10. The first-order valence-electron chi connectivity index (χ1n) is 20.3. The highest BCUT2D eigenvalue weighted by molar-refractivity contribution is 5.84. The zero-order valence-electron chi connectivity index (χ0n) is 33.8. The number of anilines is 5. The van der Waals surface area contributed by atoms with Gasteiger partial charge in [0.15, 0.2) is 0 Å². The Morgan fingerprint density at radius 2 is 0.847 bits per heavy atom. The molecule has 0 atom stereocenters. The van der Waals surface area contributed by atoms with E-state index in [9.17, 15) is 0 Å². The second-order valence-corrected chi connectivity index (χ2v) is 15.2. The van der Waals surface area contributed by atoms with Crippen molar-refractivity contribution in [2.45, 2.75) is 20.8 Å². The fraction of sp³-hybridized carbons (Fsp3) is 0.0526. The molecular weight excluding hydrogens is 713 g/mol. The van der Waals surface area contributed by atoms with Gasteiger partial charge in [-0.2, -0.15) is 0 Å². The van der Waals surface area contributed by atoms with Crippen molar-refractivity contribution in [1.82, 2.24) is 0 Å². The number of rotatable bonds is 9. The molecule has 9 rings (SSSR count). The molecule has 0 N–H and O–H groups in total. The van der Waals surface area contributed by atoms with Gasteiger partial charge in [0.05, 0.1) is 0 Å². The first kappa shape index (κ1) is 37.2. The highest BCUT2D eigenvalue weighted by atomic mass is 15.1. The van der Waals surface area contributed by atoms with Crippen LogP contribution < -0.4 is 9.80 Å². The number of nitrogens with zero attached hydrogens (tertiary/aromatic N) is 2. The Morgan fingerprint density at radius 3 is 1.49 bits per heavy atom. The fourth-order valence-corrected chi connectivity index (χ4v) is 8.19. The van der Waals surface area contributed by atoms with Crippen molar-refractivity contribution in [3.8, 4) is 33.4 Å². The fourth-order valence-electron chi connectivity index (χ4n) is 8.19. The summed E-state index contributed by atoms with van der Waals surface area (Å²) in [7, 11) is 0. The molecule has 8 aromatic rings. The molecule has 0 radical (unpaired) electrons. The van der Waals surface area contributed by atoms with Crippen LogP contribution in [0.3, 0.4) is 0 Å². The average Bonchev–Trinajstić information content (AvgIpc) is 3.28. The summed E-state index contributed by atoms with van der Waals surface area (Å²) >= 11 is 0. The Morgan fingerprint density at radius 1 is 0.339 bits per heavy atom. The van der Waals surface area contributed by atoms with Crippen LogP contribution in [-0.4, -0.2) is 0 Å². The molecule has 2 heteroatoms. The summed E-state index contributed by atoms with van der Waals surface area (Å²) in [5.41, 5.74) is 20.2. The monoisotopic (exact) mass is 758 g/mol. The van der Waals surface area contributed by atoms with Crippen LogP contribution in [0.5, 0.6) is 0 Å². The predicted octanol–water partition coefficient (Wildman–Crippen LogP) is 15.9. The van der Waals surface area contributed by atoms with Crippen LogP contribution in [0.4, 0.5) is 28.4 Å². The molecule has 0 saturated carbocycles. The summed E-state index contributed by atoms with van der Waals surface area (Å²) < 4.78 is 0. The zero-order valence-corrected chi connectivity index (χ0v) is 33.8. The summed E-state index contributed by atoms with van der Waals surface area (Å²) in [4.78, 5) is 4.68. The molecule has 0 unspecified atom stereocenters. The van der Waals surface area contributed by atoms with Crippen LogP contribution in [0.1, 0.15) is 29.2 Å². The Bertz CT molecular complexity index is 2830. The van der Waals surface area contributed by atoms with E-state index in [0.717, 1.165) is 34.1 Å². The molecule has 0 bridgehead atoms. The van der Waals surface area contributed by atoms with Gasteiger partial charge in [-0.3, -0.25) is 0 Å². The number of para-hydroxylation sites is 2. The number of allylic oxidation sites excluding steroid dienone is 4. The van der Waals surface area contributed by atoms with E-state index in [-0.39, 0.29) is 0 Å². The lowest BCUT2D eigenvalue weighted by Gasteiger charge is -2.27. The molecule has 284 valence electrons. The second-order valence-electron chi connectivity index (χ2n) is 15.2. The molecule has 0 aliphatic heterocycles. The topological polar surface area (TPSA) is 6.48 Å². The van der Waals surface area contributed by atoms with E-state index in [1.807, 2.05) is 0 Å². The molecule has 0 heterocycles. The van der Waals surface area contributed by atoms with Crippen LogP contribution in [0.2, 0.25) is 0 Å². The molecule has 8 aromatic carbocycles. The van der Waals surface area contributed by atoms with E-state index >= 15 is 0 Å². The Labute approximate surface area is 349 Å². The van der Waals surface area contributed by atoms with E-state index in [4.69, 9.17) is 0 Å². The van der Waals surface area contributed by atoms with Crippen molar-refractivity contribution in [3.05, 3.63) is 246 Å². The summed E-state index contributed by atoms with van der Waals surface area (Å²) in [5, 5.41) is 0. The summed E-state index contributed by atoms with van der Waals surface area (Å²) in [6.07, 6.45) is 8.85. The Hall–Kier alpha value is -7.42. The number of benzene rings is 8. The van der Waals surface area contributed by atoms with Gasteiger partial charge in [0.1, 0.15) is 0 Å². The number of hydrogen-bond donors (Lipinski definition) is 0. The minimum Gasteiger partial charge on any atom is -0.310 e. The van der Waals surface area contributed by atoms with Gasteiger partial charge < -0.3 is 9.80 Å². The Kier molecular flexibility index (Phi) is 10.5. The van der Waals surface area contributed by atoms with E-state index in [2.05, 4.69) is 255 Å². The first-order valence-corrected chi connectivity index (χ1v) is 20.3. The van der Waals surface area contributed by atoms with Crippen molar-refractivity contribution in [1.29, 1.82) is 0 Å². The number of fused-ring (bicyclic) bond motifs is 1. The van der Waals surface area contributed by atoms with E-state index in [0.29, 0.717) is 0 Å². The summed E-state index contributed by atoms with van der Waals surface area (Å²) in [6, 6.07) is 72.1. The number of aryl methyl sites for hydroxylation is 2. The third kappa shape index (κ3) is 7.82. The van der Waals surface area contributed by atoms with Crippen molar-refractivity contribution >= 4 is 40.1 Å². The second kappa shape index (κ2) is 16.6. The van der Waals surface area contributed by atoms with Crippen molar-refractivity contribution < 1.29 is 0 Å². The largest absolute Gasteiger partial charge is 0.310 e. The molecule has 59 heavy (non-hydrogen) atoms. The van der Waals surface area contributed by atoms with Gasteiger partial charge >= 0.3 is 0 Å². The third-order valence-electron chi connectivity index (χ3n) is 11.3. The van der Waals surface area contributed by atoms with Gasteiger partial charge in [0.25, 0.3) is 0 Å². The predicted molar refractivity (Wildman–Crippen MR) is 253 cm³/mol. The van der Waals surface area contributed by atoms with Gasteiger partial charge in [0, 0.05) is 34.1 Å². The van der Waals surface area contributed by atoms with Crippen molar-refractivity contribution in [2.24, 2.45) is 0 Å². The summed E-state index contributed by atoms with van der Waals surface area (Å²) in [6.45, 7) is 6.58. The molecule has 0 spiro atoms. The molecule has 2 nitrogen and oxygen atoms in total. The average molecular weight is 759 g/mol. The molecule has 1 aliphatic rings. The van der Waals surface area contributed by atoms with Crippen LogP contribution in [0.15, 0.2) is 224 Å². The lowest BCUT2D eigenvalue weighted by atomic mass is 9.95.